The Morgan fingerprint density at radius 2 is 1.79 bits per heavy atom. The fourth-order valence-electron chi connectivity index (χ4n) is 2.98. The van der Waals surface area contributed by atoms with Crippen molar-refractivity contribution >= 4 is 22.5 Å². The maximum Gasteiger partial charge on any atom is 0.276 e. The topological polar surface area (TPSA) is 83.0 Å². The van der Waals surface area contributed by atoms with Crippen molar-refractivity contribution in [3.63, 3.8) is 0 Å². The number of methoxy groups -OCH3 is 1. The van der Waals surface area contributed by atoms with Gasteiger partial charge < -0.3 is 9.15 Å². The van der Waals surface area contributed by atoms with Crippen LogP contribution in [0.25, 0.3) is 22.4 Å². The van der Waals surface area contributed by atoms with Crippen LogP contribution in [0.1, 0.15) is 12.0 Å². The smallest absolute Gasteiger partial charge is 0.276 e. The lowest BCUT2D eigenvalue weighted by molar-refractivity contribution is 0.200. The van der Waals surface area contributed by atoms with Gasteiger partial charge in [0.05, 0.1) is 11.9 Å². The molecule has 0 radical (unpaired) electrons. The van der Waals surface area contributed by atoms with Gasteiger partial charge in [0.1, 0.15) is 0 Å². The molecule has 148 valence electrons. The fraction of sp³-hybridized carbons (Fsp3) is 0.238. The van der Waals surface area contributed by atoms with E-state index in [0.29, 0.717) is 40.7 Å². The monoisotopic (exact) mass is 408 g/mol. The van der Waals surface area contributed by atoms with E-state index in [1.807, 2.05) is 48.5 Å². The second-order valence-electron chi connectivity index (χ2n) is 6.41. The van der Waals surface area contributed by atoms with Crippen LogP contribution in [0.5, 0.6) is 0 Å². The quantitative estimate of drug-likeness (QED) is 0.325. The predicted molar refractivity (Wildman–Crippen MR) is 112 cm³/mol. The van der Waals surface area contributed by atoms with E-state index in [0.717, 1.165) is 17.7 Å². The molecule has 0 amide bonds. The first-order chi connectivity index (χ1) is 14.3. The van der Waals surface area contributed by atoms with Gasteiger partial charge in [0, 0.05) is 24.9 Å². The lowest BCUT2D eigenvalue weighted by Gasteiger charge is -2.09. The first-order valence-corrected chi connectivity index (χ1v) is 10.2. The summed E-state index contributed by atoms with van der Waals surface area (Å²) in [6.07, 6.45) is 0.891. The molecule has 4 aromatic rings. The van der Waals surface area contributed by atoms with E-state index in [2.05, 4.69) is 15.3 Å². The zero-order valence-corrected chi connectivity index (χ0v) is 16.8. The molecular weight excluding hydrogens is 388 g/mol. The molecule has 2 aromatic carbocycles. The first-order valence-electron chi connectivity index (χ1n) is 9.25. The van der Waals surface area contributed by atoms with Gasteiger partial charge in [-0.1, -0.05) is 60.3 Å². The molecule has 29 heavy (non-hydrogen) atoms. The van der Waals surface area contributed by atoms with Gasteiger partial charge in [0.2, 0.25) is 0 Å². The van der Waals surface area contributed by atoms with Gasteiger partial charge in [-0.15, -0.1) is 10.2 Å². The molecule has 0 aliphatic heterocycles. The second-order valence-corrected chi connectivity index (χ2v) is 7.46. The molecule has 0 aliphatic rings. The number of thioether (sulfide) groups is 1. The zero-order valence-electron chi connectivity index (χ0n) is 15.9. The molecule has 8 heteroatoms. The third kappa shape index (κ3) is 4.38. The van der Waals surface area contributed by atoms with Crippen LogP contribution in [0, 0.1) is 0 Å². The SMILES string of the molecule is COCCCSc1nnc(-c2nn(Cc3ccccc3)c(=O)c3ccccc23)o1. The Morgan fingerprint density at radius 3 is 2.59 bits per heavy atom. The lowest BCUT2D eigenvalue weighted by Crippen LogP contribution is -2.24. The summed E-state index contributed by atoms with van der Waals surface area (Å²) in [4.78, 5) is 12.9. The van der Waals surface area contributed by atoms with Crippen molar-refractivity contribution in [1.29, 1.82) is 0 Å². The van der Waals surface area contributed by atoms with E-state index >= 15 is 0 Å². The lowest BCUT2D eigenvalue weighted by atomic mass is 10.1. The zero-order chi connectivity index (χ0) is 20.1. The number of aromatic nitrogens is 4. The third-order valence-corrected chi connectivity index (χ3v) is 5.28. The van der Waals surface area contributed by atoms with Crippen LogP contribution >= 0.6 is 11.8 Å². The molecule has 0 fully saturated rings. The van der Waals surface area contributed by atoms with Gasteiger partial charge in [-0.05, 0) is 18.1 Å². The van der Waals surface area contributed by atoms with Crippen LogP contribution in [0.15, 0.2) is 69.0 Å². The number of hydrogen-bond acceptors (Lipinski definition) is 7. The van der Waals surface area contributed by atoms with Crippen LogP contribution < -0.4 is 5.56 Å². The Bertz CT molecular complexity index is 1160. The molecule has 0 saturated carbocycles. The molecule has 0 saturated heterocycles. The third-order valence-electron chi connectivity index (χ3n) is 4.37. The Hall–Kier alpha value is -2.97. The maximum atomic E-state index is 12.9. The molecule has 7 nitrogen and oxygen atoms in total. The van der Waals surface area contributed by atoms with Crippen molar-refractivity contribution in [3.8, 4) is 11.6 Å². The summed E-state index contributed by atoms with van der Waals surface area (Å²) in [6, 6.07) is 17.1. The van der Waals surface area contributed by atoms with Crippen LogP contribution in [0.3, 0.4) is 0 Å². The van der Waals surface area contributed by atoms with Gasteiger partial charge in [-0.25, -0.2) is 4.68 Å². The summed E-state index contributed by atoms with van der Waals surface area (Å²) in [5.41, 5.74) is 1.34. The average Bonchev–Trinajstić information content (AvgIpc) is 3.23. The highest BCUT2D eigenvalue weighted by molar-refractivity contribution is 7.99. The largest absolute Gasteiger partial charge is 0.410 e. The number of hydrogen-bond donors (Lipinski definition) is 0. The highest BCUT2D eigenvalue weighted by Crippen LogP contribution is 2.26. The number of fused-ring (bicyclic) bond motifs is 1. The summed E-state index contributed by atoms with van der Waals surface area (Å²) in [7, 11) is 1.68. The van der Waals surface area contributed by atoms with Gasteiger partial charge in [-0.3, -0.25) is 4.79 Å². The summed E-state index contributed by atoms with van der Waals surface area (Å²) < 4.78 is 12.3. The van der Waals surface area contributed by atoms with Crippen molar-refractivity contribution in [3.05, 3.63) is 70.5 Å². The van der Waals surface area contributed by atoms with E-state index < -0.39 is 0 Å². The van der Waals surface area contributed by atoms with Crippen molar-refractivity contribution < 1.29 is 9.15 Å². The Labute approximate surface area is 171 Å². The van der Waals surface area contributed by atoms with Crippen molar-refractivity contribution in [2.75, 3.05) is 19.5 Å². The standard InChI is InChI=1S/C21H20N4O3S/c1-27-12-7-13-29-21-23-22-19(28-21)18-16-10-5-6-11-17(16)20(26)25(24-18)14-15-8-3-2-4-9-15/h2-6,8-11H,7,12-14H2,1H3. The van der Waals surface area contributed by atoms with Crippen LogP contribution in [-0.2, 0) is 11.3 Å². The Kier molecular flexibility index (Phi) is 6.02. The van der Waals surface area contributed by atoms with Gasteiger partial charge >= 0.3 is 0 Å². The van der Waals surface area contributed by atoms with E-state index in [4.69, 9.17) is 9.15 Å². The Morgan fingerprint density at radius 1 is 1.03 bits per heavy atom. The summed E-state index contributed by atoms with van der Waals surface area (Å²) in [5, 5.41) is 14.6. The van der Waals surface area contributed by atoms with E-state index in [-0.39, 0.29) is 5.56 Å². The molecule has 0 bridgehead atoms. The minimum Gasteiger partial charge on any atom is -0.410 e. The molecular formula is C21H20N4O3S. The second kappa shape index (κ2) is 9.02. The molecule has 4 rings (SSSR count). The molecule has 2 aromatic heterocycles. The minimum atomic E-state index is -0.151. The molecule has 0 unspecified atom stereocenters. The number of benzene rings is 2. The summed E-state index contributed by atoms with van der Waals surface area (Å²) in [6.45, 7) is 1.05. The molecule has 0 atom stereocenters. The molecule has 0 N–H and O–H groups in total. The van der Waals surface area contributed by atoms with Crippen molar-refractivity contribution in [2.24, 2.45) is 0 Å². The number of rotatable bonds is 8. The Balaban J connectivity index is 1.71. The van der Waals surface area contributed by atoms with Crippen LogP contribution in [-0.4, -0.2) is 39.4 Å². The first kappa shape index (κ1) is 19.4. The summed E-state index contributed by atoms with van der Waals surface area (Å²) >= 11 is 1.47. The normalized spacial score (nSPS) is 11.2. The number of nitrogens with zero attached hydrogens (tertiary/aromatic N) is 4. The molecule has 0 aliphatic carbocycles. The van der Waals surface area contributed by atoms with Crippen molar-refractivity contribution in [1.82, 2.24) is 20.0 Å². The van der Waals surface area contributed by atoms with Gasteiger partial charge in [0.15, 0.2) is 5.69 Å². The highest BCUT2D eigenvalue weighted by Gasteiger charge is 2.17. The van der Waals surface area contributed by atoms with E-state index in [1.54, 1.807) is 13.2 Å². The van der Waals surface area contributed by atoms with E-state index in [9.17, 15) is 4.79 Å². The molecule has 2 heterocycles. The van der Waals surface area contributed by atoms with Gasteiger partial charge in [0.25, 0.3) is 16.7 Å². The van der Waals surface area contributed by atoms with Crippen molar-refractivity contribution in [2.45, 2.75) is 18.2 Å². The van der Waals surface area contributed by atoms with Crippen LogP contribution in [0.2, 0.25) is 0 Å². The fourth-order valence-corrected chi connectivity index (χ4v) is 3.66. The summed E-state index contributed by atoms with van der Waals surface area (Å²) in [5.74, 6) is 1.12. The molecule has 0 spiro atoms. The highest BCUT2D eigenvalue weighted by atomic mass is 32.2. The minimum absolute atomic E-state index is 0.151. The van der Waals surface area contributed by atoms with E-state index in [1.165, 1.54) is 16.4 Å². The maximum absolute atomic E-state index is 12.9. The predicted octanol–water partition coefficient (Wildman–Crippen LogP) is 3.62. The van der Waals surface area contributed by atoms with Gasteiger partial charge in [-0.2, -0.15) is 5.10 Å². The number of ether oxygens (including phenoxy) is 1. The average molecular weight is 408 g/mol. The van der Waals surface area contributed by atoms with Crippen LogP contribution in [0.4, 0.5) is 0 Å².